The molecular weight excluding hydrogens is 664 g/mol. The number of phosphoric ester groups is 2. The third-order valence-electron chi connectivity index (χ3n) is 7.53. The molecule has 3 fully saturated rings. The second-order valence-corrected chi connectivity index (χ2v) is 13.1. The molecule has 25 heteroatoms. The fourth-order valence-corrected chi connectivity index (χ4v) is 7.41. The van der Waals surface area contributed by atoms with Crippen LogP contribution in [0.5, 0.6) is 0 Å². The number of ether oxygens (including phenoxy) is 2. The molecule has 0 aromatic carbocycles. The maximum absolute atomic E-state index is 13.0. The van der Waals surface area contributed by atoms with E-state index in [4.69, 9.17) is 33.3 Å². The standard InChI is InChI=1S/C21H25N9O14P2/c22-21-27-16-10(18(34)28-21)26-6-30(16)20-12(32)14-8(42-20)3-40-46(37,38)43-13-7(1-2-39-45(35,36)44-14)41-19(11(13)31)29-5-25-9-15(29)23-4-24-17(9)33/h4-8,11-14,19-20,31-32H,1-3H2,(H,35,36)(H,37,38)(H,23,24,33)(H3,22,27,28,34)/p-2/t7-,8-,11+,12+,13?,14?,19-,20-/m1/s1. The fourth-order valence-electron chi connectivity index (χ4n) is 5.51. The number of hydrogen-bond donors (Lipinski definition) is 5. The number of nitrogen functional groups attached to an aromatic ring is 1. The van der Waals surface area contributed by atoms with E-state index in [1.54, 1.807) is 0 Å². The van der Waals surface area contributed by atoms with Gasteiger partial charge in [-0.1, -0.05) is 0 Å². The molecule has 46 heavy (non-hydrogen) atoms. The Hall–Kier alpha value is -3.44. The van der Waals surface area contributed by atoms with Gasteiger partial charge in [0.15, 0.2) is 34.8 Å². The van der Waals surface area contributed by atoms with Crippen LogP contribution in [0, 0.1) is 0 Å². The Morgan fingerprint density at radius 3 is 2.15 bits per heavy atom. The summed E-state index contributed by atoms with van der Waals surface area (Å²) in [6.45, 7) is -1.59. The van der Waals surface area contributed by atoms with Crippen molar-refractivity contribution in [3.8, 4) is 0 Å². The van der Waals surface area contributed by atoms with Crippen LogP contribution in [0.3, 0.4) is 0 Å². The number of anilines is 1. The molecule has 0 bridgehead atoms. The van der Waals surface area contributed by atoms with Crippen LogP contribution >= 0.6 is 15.6 Å². The lowest BCUT2D eigenvalue weighted by molar-refractivity contribution is -0.237. The van der Waals surface area contributed by atoms with Gasteiger partial charge in [-0.3, -0.25) is 32.8 Å². The van der Waals surface area contributed by atoms with Crippen LogP contribution in [0.2, 0.25) is 0 Å². The smallest absolute Gasteiger partial charge is 0.280 e. The molecular formula is C21H23N9O14P2-2. The lowest BCUT2D eigenvalue weighted by Gasteiger charge is -2.31. The highest BCUT2D eigenvalue weighted by Gasteiger charge is 2.51. The van der Waals surface area contributed by atoms with Gasteiger partial charge in [0.25, 0.3) is 26.8 Å². The maximum atomic E-state index is 13.0. The molecule has 0 spiro atoms. The zero-order chi connectivity index (χ0) is 32.5. The third kappa shape index (κ3) is 5.49. The van der Waals surface area contributed by atoms with E-state index in [0.717, 1.165) is 23.5 Å². The zero-order valence-electron chi connectivity index (χ0n) is 22.9. The lowest BCUT2D eigenvalue weighted by Crippen LogP contribution is -2.38. The van der Waals surface area contributed by atoms with E-state index in [9.17, 15) is 38.7 Å². The van der Waals surface area contributed by atoms with Gasteiger partial charge < -0.3 is 58.3 Å². The van der Waals surface area contributed by atoms with Crippen LogP contribution in [0.25, 0.3) is 22.3 Å². The molecule has 248 valence electrons. The number of phosphoric acid groups is 2. The minimum Gasteiger partial charge on any atom is -0.756 e. The zero-order valence-corrected chi connectivity index (χ0v) is 24.7. The van der Waals surface area contributed by atoms with Crippen molar-refractivity contribution in [3.63, 3.8) is 0 Å². The number of nitrogens with one attached hydrogen (secondary N) is 2. The first-order valence-corrected chi connectivity index (χ1v) is 16.3. The molecule has 7 rings (SSSR count). The minimum absolute atomic E-state index is 0.00238. The quantitative estimate of drug-likeness (QED) is 0.128. The van der Waals surface area contributed by atoms with Crippen LogP contribution in [0.1, 0.15) is 18.9 Å². The predicted octanol–water partition coefficient (Wildman–Crippen LogP) is -3.50. The Kier molecular flexibility index (Phi) is 7.70. The molecule has 0 saturated carbocycles. The van der Waals surface area contributed by atoms with Crippen molar-refractivity contribution in [2.24, 2.45) is 0 Å². The number of hydrogen-bond acceptors (Lipinski definition) is 19. The predicted molar refractivity (Wildman–Crippen MR) is 142 cm³/mol. The number of imidazole rings is 2. The Balaban J connectivity index is 1.17. The van der Waals surface area contributed by atoms with Crippen molar-refractivity contribution in [1.29, 1.82) is 0 Å². The average Bonchev–Trinajstić information content (AvgIpc) is 3.74. The first kappa shape index (κ1) is 31.2. The fraction of sp³-hybridized carbons (Fsp3) is 0.524. The van der Waals surface area contributed by atoms with Crippen molar-refractivity contribution in [2.75, 3.05) is 18.9 Å². The van der Waals surface area contributed by atoms with Crippen molar-refractivity contribution in [3.05, 3.63) is 39.7 Å². The van der Waals surface area contributed by atoms with Crippen molar-refractivity contribution in [2.45, 2.75) is 55.5 Å². The second-order valence-electron chi connectivity index (χ2n) is 10.4. The molecule has 10 atom stereocenters. The van der Waals surface area contributed by atoms with Crippen LogP contribution in [0.4, 0.5) is 5.95 Å². The summed E-state index contributed by atoms with van der Waals surface area (Å²) in [6.07, 6.45) is -9.84. The van der Waals surface area contributed by atoms with Crippen LogP contribution in [-0.4, -0.2) is 99.1 Å². The van der Waals surface area contributed by atoms with Gasteiger partial charge in [-0.15, -0.1) is 0 Å². The molecule has 3 aliphatic heterocycles. The van der Waals surface area contributed by atoms with Gasteiger partial charge in [-0.25, -0.2) is 15.0 Å². The summed E-state index contributed by atoms with van der Waals surface area (Å²) in [5, 5.41) is 22.2. The monoisotopic (exact) mass is 687 g/mol. The number of nitrogens with zero attached hydrogens (tertiary/aromatic N) is 6. The van der Waals surface area contributed by atoms with Crippen LogP contribution in [0.15, 0.2) is 28.6 Å². The van der Waals surface area contributed by atoms with Gasteiger partial charge in [0.1, 0.15) is 30.5 Å². The number of H-pyrrole nitrogens is 2. The van der Waals surface area contributed by atoms with Crippen molar-refractivity contribution in [1.82, 2.24) is 39.0 Å². The minimum atomic E-state index is -5.34. The second kappa shape index (κ2) is 11.4. The topological polar surface area (TPSA) is 329 Å². The van der Waals surface area contributed by atoms with E-state index in [1.165, 1.54) is 4.57 Å². The number of rotatable bonds is 2. The van der Waals surface area contributed by atoms with E-state index < -0.39 is 89.1 Å². The molecule has 0 amide bonds. The van der Waals surface area contributed by atoms with Gasteiger partial charge >= 0.3 is 0 Å². The van der Waals surface area contributed by atoms with E-state index in [1.807, 2.05) is 0 Å². The summed E-state index contributed by atoms with van der Waals surface area (Å²) in [6, 6.07) is 0. The summed E-state index contributed by atoms with van der Waals surface area (Å²) in [4.78, 5) is 70.6. The normalized spacial score (nSPS) is 37.4. The van der Waals surface area contributed by atoms with Crippen LogP contribution in [-0.2, 0) is 36.7 Å². The highest BCUT2D eigenvalue weighted by Crippen LogP contribution is 2.50. The molecule has 3 saturated heterocycles. The SMILES string of the molecule is Nc1nc2c(ncn2[C@@H]2O[C@@H]3COP(=O)([O-])OC4[C@@H](CCOP(=O)([O-])OC3[C@@H]2O)O[C@@H](n2cnc3c(=O)[nH]cnc32)[C@H]4O)c(=O)[nH]1. The van der Waals surface area contributed by atoms with Gasteiger partial charge in [-0.05, 0) is 0 Å². The summed E-state index contributed by atoms with van der Waals surface area (Å²) >= 11 is 0. The molecule has 4 unspecified atom stereocenters. The number of fused-ring (bicyclic) bond motifs is 4. The van der Waals surface area contributed by atoms with E-state index in [2.05, 4.69) is 29.9 Å². The third-order valence-corrected chi connectivity index (χ3v) is 9.50. The highest BCUT2D eigenvalue weighted by molar-refractivity contribution is 7.46. The van der Waals surface area contributed by atoms with E-state index in [-0.39, 0.29) is 34.7 Å². The van der Waals surface area contributed by atoms with Crippen LogP contribution < -0.4 is 26.6 Å². The molecule has 3 aliphatic rings. The molecule has 0 radical (unpaired) electrons. The van der Waals surface area contributed by atoms with Gasteiger partial charge in [0.2, 0.25) is 5.95 Å². The average molecular weight is 687 g/mol. The summed E-state index contributed by atoms with van der Waals surface area (Å²) < 4.78 is 60.0. The van der Waals surface area contributed by atoms with Gasteiger partial charge in [0, 0.05) is 6.42 Å². The number of aliphatic hydroxyl groups excluding tert-OH is 2. The molecule has 6 N–H and O–H groups in total. The van der Waals surface area contributed by atoms with Crippen molar-refractivity contribution >= 4 is 43.9 Å². The summed E-state index contributed by atoms with van der Waals surface area (Å²) in [5.41, 5.74) is 3.92. The Morgan fingerprint density at radius 1 is 0.870 bits per heavy atom. The molecule has 4 aromatic rings. The molecule has 0 aliphatic carbocycles. The Labute approximate surface area is 254 Å². The molecule has 4 aromatic heterocycles. The number of aliphatic hydroxyl groups is 2. The highest BCUT2D eigenvalue weighted by atomic mass is 31.2. The van der Waals surface area contributed by atoms with E-state index in [0.29, 0.717) is 0 Å². The first-order valence-electron chi connectivity index (χ1n) is 13.4. The Morgan fingerprint density at radius 2 is 1.46 bits per heavy atom. The van der Waals surface area contributed by atoms with E-state index >= 15 is 0 Å². The maximum Gasteiger partial charge on any atom is 0.280 e. The largest absolute Gasteiger partial charge is 0.756 e. The van der Waals surface area contributed by atoms with Crippen molar-refractivity contribution < 1.29 is 56.7 Å². The number of aromatic amines is 2. The lowest BCUT2D eigenvalue weighted by atomic mass is 10.1. The molecule has 7 heterocycles. The number of aromatic nitrogens is 8. The molecule has 23 nitrogen and oxygen atoms in total. The summed E-state index contributed by atoms with van der Waals surface area (Å²) in [7, 11) is -10.6. The Bertz CT molecular complexity index is 2010. The van der Waals surface area contributed by atoms with Gasteiger partial charge in [-0.2, -0.15) is 4.98 Å². The number of nitrogens with two attached hydrogens (primary N) is 1. The summed E-state index contributed by atoms with van der Waals surface area (Å²) in [5.74, 6) is -0.291. The first-order chi connectivity index (χ1) is 21.8. The van der Waals surface area contributed by atoms with Gasteiger partial charge in [0.05, 0.1) is 38.3 Å².